The van der Waals surface area contributed by atoms with Gasteiger partial charge in [0.05, 0.1) is 6.07 Å². The second-order valence-electron chi connectivity index (χ2n) is 5.06. The zero-order valence-corrected chi connectivity index (χ0v) is 10.9. The van der Waals surface area contributed by atoms with Gasteiger partial charge in [-0.3, -0.25) is 4.79 Å². The lowest BCUT2D eigenvalue weighted by Gasteiger charge is -2.39. The van der Waals surface area contributed by atoms with Crippen molar-refractivity contribution in [3.05, 3.63) is 24.3 Å². The van der Waals surface area contributed by atoms with E-state index in [-0.39, 0.29) is 11.7 Å². The molecule has 1 saturated carbocycles. The highest BCUT2D eigenvalue weighted by atomic mass is 19.3. The molecule has 0 saturated heterocycles. The quantitative estimate of drug-likeness (QED) is 0.921. The topological polar surface area (TPSA) is 62.1 Å². The van der Waals surface area contributed by atoms with E-state index < -0.39 is 12.0 Å². The molecule has 0 aromatic heterocycles. The van der Waals surface area contributed by atoms with Crippen LogP contribution in [0.4, 0.5) is 14.5 Å². The molecule has 1 N–H and O–H groups in total. The first-order valence-corrected chi connectivity index (χ1v) is 6.23. The second-order valence-corrected chi connectivity index (χ2v) is 5.06. The smallest absolute Gasteiger partial charge is 0.387 e. The SMILES string of the molecule is CC1CC(C#N)(C(=O)Nc2ccc(OC(F)F)cc2)C1. The largest absolute Gasteiger partial charge is 0.435 e. The first-order chi connectivity index (χ1) is 9.45. The van der Waals surface area contributed by atoms with E-state index in [0.29, 0.717) is 24.4 Å². The van der Waals surface area contributed by atoms with E-state index in [2.05, 4.69) is 16.1 Å². The van der Waals surface area contributed by atoms with Gasteiger partial charge in [-0.05, 0) is 43.0 Å². The van der Waals surface area contributed by atoms with Crippen LogP contribution in [0.2, 0.25) is 0 Å². The molecule has 0 bridgehead atoms. The number of benzene rings is 1. The van der Waals surface area contributed by atoms with Crippen molar-refractivity contribution in [1.29, 1.82) is 5.26 Å². The molecule has 2 rings (SSSR count). The highest BCUT2D eigenvalue weighted by Crippen LogP contribution is 2.45. The molecular weight excluding hydrogens is 266 g/mol. The first kappa shape index (κ1) is 14.3. The molecule has 20 heavy (non-hydrogen) atoms. The molecule has 1 amide bonds. The Morgan fingerprint density at radius 2 is 2.05 bits per heavy atom. The Morgan fingerprint density at radius 3 is 2.50 bits per heavy atom. The Kier molecular flexibility index (Phi) is 3.89. The number of ether oxygens (including phenoxy) is 1. The van der Waals surface area contributed by atoms with Gasteiger partial charge in [0.2, 0.25) is 5.91 Å². The molecule has 4 nitrogen and oxygen atoms in total. The van der Waals surface area contributed by atoms with Gasteiger partial charge in [-0.25, -0.2) is 0 Å². The molecule has 0 atom stereocenters. The van der Waals surface area contributed by atoms with Gasteiger partial charge in [-0.15, -0.1) is 0 Å². The van der Waals surface area contributed by atoms with Crippen molar-refractivity contribution in [1.82, 2.24) is 0 Å². The molecule has 1 aliphatic carbocycles. The Balaban J connectivity index is 2.00. The van der Waals surface area contributed by atoms with Crippen LogP contribution in [-0.4, -0.2) is 12.5 Å². The summed E-state index contributed by atoms with van der Waals surface area (Å²) < 4.78 is 28.2. The van der Waals surface area contributed by atoms with Gasteiger partial charge in [0, 0.05) is 5.69 Å². The molecule has 1 aromatic rings. The van der Waals surface area contributed by atoms with Gasteiger partial charge in [0.1, 0.15) is 11.2 Å². The van der Waals surface area contributed by atoms with Crippen LogP contribution in [0.3, 0.4) is 0 Å². The van der Waals surface area contributed by atoms with Crippen LogP contribution in [-0.2, 0) is 4.79 Å². The molecule has 6 heteroatoms. The second kappa shape index (κ2) is 5.45. The number of hydrogen-bond donors (Lipinski definition) is 1. The molecule has 0 unspecified atom stereocenters. The van der Waals surface area contributed by atoms with Crippen LogP contribution in [0.1, 0.15) is 19.8 Å². The minimum atomic E-state index is -2.88. The number of carbonyl (C=O) groups excluding carboxylic acids is 1. The Bertz CT molecular complexity index is 531. The van der Waals surface area contributed by atoms with E-state index in [1.165, 1.54) is 24.3 Å². The molecule has 0 aliphatic heterocycles. The van der Waals surface area contributed by atoms with E-state index in [4.69, 9.17) is 5.26 Å². The van der Waals surface area contributed by atoms with Gasteiger partial charge in [0.25, 0.3) is 0 Å². The van der Waals surface area contributed by atoms with E-state index in [1.54, 1.807) is 0 Å². The van der Waals surface area contributed by atoms with Crippen LogP contribution in [0.25, 0.3) is 0 Å². The third-order valence-corrected chi connectivity index (χ3v) is 3.38. The Labute approximate surface area is 115 Å². The molecule has 1 fully saturated rings. The number of nitrogens with zero attached hydrogens (tertiary/aromatic N) is 1. The van der Waals surface area contributed by atoms with Crippen LogP contribution in [0.5, 0.6) is 5.75 Å². The molecule has 0 heterocycles. The molecule has 1 aromatic carbocycles. The maximum atomic E-state index is 12.1. The molecule has 0 spiro atoms. The fourth-order valence-electron chi connectivity index (χ4n) is 2.43. The lowest BCUT2D eigenvalue weighted by molar-refractivity contribution is -0.128. The maximum absolute atomic E-state index is 12.1. The van der Waals surface area contributed by atoms with Crippen LogP contribution >= 0.6 is 0 Å². The predicted molar refractivity (Wildman–Crippen MR) is 68.1 cm³/mol. The van der Waals surface area contributed by atoms with Crippen molar-refractivity contribution >= 4 is 11.6 Å². The van der Waals surface area contributed by atoms with E-state index in [0.717, 1.165) is 0 Å². The standard InChI is InChI=1S/C14H14F2N2O2/c1-9-6-14(7-9,8-17)12(19)18-10-2-4-11(5-3-10)20-13(15)16/h2-5,9,13H,6-7H2,1H3,(H,18,19). The summed E-state index contributed by atoms with van der Waals surface area (Å²) in [6.07, 6.45) is 1.09. The Hall–Kier alpha value is -2.16. The molecule has 106 valence electrons. The van der Waals surface area contributed by atoms with Gasteiger partial charge in [0.15, 0.2) is 0 Å². The summed E-state index contributed by atoms with van der Waals surface area (Å²) in [6.45, 7) is -0.895. The van der Waals surface area contributed by atoms with Gasteiger partial charge >= 0.3 is 6.61 Å². The number of halogens is 2. The van der Waals surface area contributed by atoms with E-state index in [9.17, 15) is 13.6 Å². The summed E-state index contributed by atoms with van der Waals surface area (Å²) in [6, 6.07) is 7.66. The van der Waals surface area contributed by atoms with Gasteiger partial charge in [-0.1, -0.05) is 6.92 Å². The first-order valence-electron chi connectivity index (χ1n) is 6.23. The zero-order chi connectivity index (χ0) is 14.8. The van der Waals surface area contributed by atoms with Crippen molar-refractivity contribution in [3.8, 4) is 11.8 Å². The number of nitrogens with one attached hydrogen (secondary N) is 1. The van der Waals surface area contributed by atoms with Crippen molar-refractivity contribution in [2.24, 2.45) is 11.3 Å². The number of hydrogen-bond acceptors (Lipinski definition) is 3. The molecule has 1 aliphatic rings. The Morgan fingerprint density at radius 1 is 1.45 bits per heavy atom. The zero-order valence-electron chi connectivity index (χ0n) is 10.9. The third-order valence-electron chi connectivity index (χ3n) is 3.38. The number of rotatable bonds is 4. The van der Waals surface area contributed by atoms with Crippen molar-refractivity contribution in [2.75, 3.05) is 5.32 Å². The summed E-state index contributed by atoms with van der Waals surface area (Å²) in [5.41, 5.74) is -0.511. The average molecular weight is 280 g/mol. The normalized spacial score (nSPS) is 24.6. The minimum Gasteiger partial charge on any atom is -0.435 e. The number of anilines is 1. The lowest BCUT2D eigenvalue weighted by atomic mass is 9.63. The van der Waals surface area contributed by atoms with Crippen LogP contribution < -0.4 is 10.1 Å². The summed E-state index contributed by atoms with van der Waals surface area (Å²) in [7, 11) is 0. The predicted octanol–water partition coefficient (Wildman–Crippen LogP) is 3.17. The van der Waals surface area contributed by atoms with Gasteiger partial charge < -0.3 is 10.1 Å². The lowest BCUT2D eigenvalue weighted by Crippen LogP contribution is -2.45. The highest BCUT2D eigenvalue weighted by Gasteiger charge is 2.48. The van der Waals surface area contributed by atoms with Crippen molar-refractivity contribution in [2.45, 2.75) is 26.4 Å². The molecular formula is C14H14F2N2O2. The number of amides is 1. The van der Waals surface area contributed by atoms with Gasteiger partial charge in [-0.2, -0.15) is 14.0 Å². The summed E-state index contributed by atoms with van der Waals surface area (Å²) in [5, 5.41) is 11.8. The van der Waals surface area contributed by atoms with Crippen LogP contribution in [0, 0.1) is 22.7 Å². The monoisotopic (exact) mass is 280 g/mol. The summed E-state index contributed by atoms with van der Waals surface area (Å²) in [4.78, 5) is 12.1. The highest BCUT2D eigenvalue weighted by molar-refractivity contribution is 5.98. The van der Waals surface area contributed by atoms with Crippen LogP contribution in [0.15, 0.2) is 24.3 Å². The maximum Gasteiger partial charge on any atom is 0.387 e. The third kappa shape index (κ3) is 2.87. The van der Waals surface area contributed by atoms with E-state index >= 15 is 0 Å². The van der Waals surface area contributed by atoms with E-state index in [1.807, 2.05) is 6.92 Å². The number of nitriles is 1. The number of alkyl halides is 2. The fourth-order valence-corrected chi connectivity index (χ4v) is 2.43. The summed E-state index contributed by atoms with van der Waals surface area (Å²) in [5.74, 6) is 0.0353. The minimum absolute atomic E-state index is 0.0188. The average Bonchev–Trinajstić information content (AvgIpc) is 2.36. The van der Waals surface area contributed by atoms with Crippen molar-refractivity contribution in [3.63, 3.8) is 0 Å². The number of carbonyl (C=O) groups is 1. The summed E-state index contributed by atoms with van der Waals surface area (Å²) >= 11 is 0. The fraction of sp³-hybridized carbons (Fsp3) is 0.429. The van der Waals surface area contributed by atoms with Crippen molar-refractivity contribution < 1.29 is 18.3 Å². The molecule has 0 radical (unpaired) electrons.